The first-order valence-corrected chi connectivity index (χ1v) is 5.58. The van der Waals surface area contributed by atoms with Crippen LogP contribution in [0.4, 0.5) is 14.5 Å². The molecule has 102 valence electrons. The third kappa shape index (κ3) is 2.80. The van der Waals surface area contributed by atoms with Gasteiger partial charge in [-0.1, -0.05) is 18.2 Å². The van der Waals surface area contributed by atoms with Crippen molar-refractivity contribution in [2.45, 2.75) is 0 Å². The molecule has 0 bridgehead atoms. The number of para-hydroxylation sites is 1. The molecular formula is C14H9F2NO3. The van der Waals surface area contributed by atoms with Gasteiger partial charge >= 0.3 is 5.97 Å². The van der Waals surface area contributed by atoms with Gasteiger partial charge in [0, 0.05) is 5.69 Å². The lowest BCUT2D eigenvalue weighted by atomic mass is 10.1. The number of aromatic carboxylic acids is 1. The topological polar surface area (TPSA) is 66.4 Å². The fourth-order valence-corrected chi connectivity index (χ4v) is 1.63. The molecule has 2 N–H and O–H groups in total. The van der Waals surface area contributed by atoms with Gasteiger partial charge in [-0.05, 0) is 24.3 Å². The average molecular weight is 277 g/mol. The number of hydrogen-bond donors (Lipinski definition) is 2. The molecule has 0 spiro atoms. The van der Waals surface area contributed by atoms with E-state index in [9.17, 15) is 18.4 Å². The number of carbonyl (C=O) groups is 2. The second-order valence-corrected chi connectivity index (χ2v) is 3.94. The zero-order chi connectivity index (χ0) is 14.7. The van der Waals surface area contributed by atoms with Gasteiger partial charge in [-0.25, -0.2) is 13.6 Å². The van der Waals surface area contributed by atoms with Crippen molar-refractivity contribution < 1.29 is 23.5 Å². The van der Waals surface area contributed by atoms with E-state index in [-0.39, 0.29) is 0 Å². The fourth-order valence-electron chi connectivity index (χ4n) is 1.63. The average Bonchev–Trinajstić information content (AvgIpc) is 2.42. The molecular weight excluding hydrogens is 268 g/mol. The Bertz CT molecular complexity index is 672. The van der Waals surface area contributed by atoms with Crippen molar-refractivity contribution in [3.8, 4) is 0 Å². The van der Waals surface area contributed by atoms with Crippen LogP contribution in [0.25, 0.3) is 0 Å². The molecule has 0 heterocycles. The molecule has 0 radical (unpaired) electrons. The monoisotopic (exact) mass is 277 g/mol. The van der Waals surface area contributed by atoms with Crippen molar-refractivity contribution >= 4 is 17.6 Å². The number of carboxylic acid groups (broad SMARTS) is 1. The number of amides is 1. The lowest BCUT2D eigenvalue weighted by Crippen LogP contribution is -2.17. The number of anilines is 1. The molecule has 1 amide bonds. The number of hydrogen-bond acceptors (Lipinski definition) is 2. The summed E-state index contributed by atoms with van der Waals surface area (Å²) in [6.07, 6.45) is 0. The maximum Gasteiger partial charge on any atom is 0.336 e. The lowest BCUT2D eigenvalue weighted by molar-refractivity contribution is 0.0691. The van der Waals surface area contributed by atoms with Gasteiger partial charge in [-0.2, -0.15) is 0 Å². The van der Waals surface area contributed by atoms with E-state index in [1.165, 1.54) is 0 Å². The molecule has 20 heavy (non-hydrogen) atoms. The summed E-state index contributed by atoms with van der Waals surface area (Å²) in [5.41, 5.74) is -0.629. The van der Waals surface area contributed by atoms with Crippen LogP contribution >= 0.6 is 0 Å². The molecule has 2 aromatic rings. The summed E-state index contributed by atoms with van der Waals surface area (Å²) in [6.45, 7) is 0. The highest BCUT2D eigenvalue weighted by molar-refractivity contribution is 6.10. The third-order valence-corrected chi connectivity index (χ3v) is 2.57. The molecule has 0 aromatic heterocycles. The molecule has 4 nitrogen and oxygen atoms in total. The highest BCUT2D eigenvalue weighted by atomic mass is 19.2. The molecule has 2 rings (SSSR count). The van der Waals surface area contributed by atoms with Gasteiger partial charge in [0.2, 0.25) is 0 Å². The number of benzene rings is 2. The first-order valence-electron chi connectivity index (χ1n) is 5.58. The minimum absolute atomic E-state index is 0.415. The summed E-state index contributed by atoms with van der Waals surface area (Å²) in [7, 11) is 0. The Morgan fingerprint density at radius 1 is 0.950 bits per heavy atom. The lowest BCUT2D eigenvalue weighted by Gasteiger charge is -2.08. The van der Waals surface area contributed by atoms with Crippen LogP contribution in [0.5, 0.6) is 0 Å². The van der Waals surface area contributed by atoms with Gasteiger partial charge in [-0.3, -0.25) is 4.79 Å². The maximum atomic E-state index is 13.2. The summed E-state index contributed by atoms with van der Waals surface area (Å²) >= 11 is 0. The molecule has 0 fully saturated rings. The van der Waals surface area contributed by atoms with Crippen LogP contribution in [0.3, 0.4) is 0 Å². The first kappa shape index (κ1) is 13.7. The number of nitrogens with one attached hydrogen (secondary N) is 1. The molecule has 0 saturated carbocycles. The van der Waals surface area contributed by atoms with Gasteiger partial charge in [0.25, 0.3) is 5.91 Å². The number of halogens is 2. The van der Waals surface area contributed by atoms with E-state index in [4.69, 9.17) is 5.11 Å². The van der Waals surface area contributed by atoms with E-state index in [1.54, 1.807) is 30.3 Å². The van der Waals surface area contributed by atoms with Crippen LogP contribution in [-0.2, 0) is 0 Å². The fraction of sp³-hybridized carbons (Fsp3) is 0. The minimum atomic E-state index is -1.51. The molecule has 0 aliphatic rings. The molecule has 0 unspecified atom stereocenters. The van der Waals surface area contributed by atoms with Crippen molar-refractivity contribution in [1.29, 1.82) is 0 Å². The van der Waals surface area contributed by atoms with Gasteiger partial charge < -0.3 is 10.4 Å². The highest BCUT2D eigenvalue weighted by Crippen LogP contribution is 2.17. The molecule has 6 heteroatoms. The van der Waals surface area contributed by atoms with Gasteiger partial charge in [-0.15, -0.1) is 0 Å². The Morgan fingerprint density at radius 3 is 2.05 bits per heavy atom. The normalized spacial score (nSPS) is 10.1. The standard InChI is InChI=1S/C14H9F2NO3/c15-11-6-9(10(14(19)20)7-12(11)16)13(18)17-8-4-2-1-3-5-8/h1-7H,(H,17,18)(H,19,20). The maximum absolute atomic E-state index is 13.2. The van der Waals surface area contributed by atoms with Gasteiger partial charge in [0.15, 0.2) is 11.6 Å². The summed E-state index contributed by atoms with van der Waals surface area (Å²) in [4.78, 5) is 22.9. The third-order valence-electron chi connectivity index (χ3n) is 2.57. The molecule has 2 aromatic carbocycles. The zero-order valence-electron chi connectivity index (χ0n) is 10.1. The van der Waals surface area contributed by atoms with Crippen molar-refractivity contribution in [2.24, 2.45) is 0 Å². The molecule has 0 atom stereocenters. The van der Waals surface area contributed by atoms with Gasteiger partial charge in [0.1, 0.15) is 0 Å². The minimum Gasteiger partial charge on any atom is -0.478 e. The van der Waals surface area contributed by atoms with Crippen LogP contribution in [0.15, 0.2) is 42.5 Å². The Morgan fingerprint density at radius 2 is 1.50 bits per heavy atom. The highest BCUT2D eigenvalue weighted by Gasteiger charge is 2.20. The van der Waals surface area contributed by atoms with Gasteiger partial charge in [0.05, 0.1) is 11.1 Å². The number of carbonyl (C=O) groups excluding carboxylic acids is 1. The molecule has 0 aliphatic carbocycles. The summed E-state index contributed by atoms with van der Waals surface area (Å²) in [5.74, 6) is -4.94. The van der Waals surface area contributed by atoms with E-state index >= 15 is 0 Å². The smallest absolute Gasteiger partial charge is 0.336 e. The predicted molar refractivity (Wildman–Crippen MR) is 67.7 cm³/mol. The van der Waals surface area contributed by atoms with Crippen LogP contribution in [0.2, 0.25) is 0 Å². The van der Waals surface area contributed by atoms with Crippen LogP contribution in [-0.4, -0.2) is 17.0 Å². The van der Waals surface area contributed by atoms with Crippen molar-refractivity contribution in [3.05, 3.63) is 65.2 Å². The van der Waals surface area contributed by atoms with Crippen molar-refractivity contribution in [3.63, 3.8) is 0 Å². The van der Waals surface area contributed by atoms with Crippen molar-refractivity contribution in [1.82, 2.24) is 0 Å². The quantitative estimate of drug-likeness (QED) is 0.906. The first-order chi connectivity index (χ1) is 9.49. The Balaban J connectivity index is 2.39. The largest absolute Gasteiger partial charge is 0.478 e. The van der Waals surface area contributed by atoms with E-state index in [1.807, 2.05) is 0 Å². The summed E-state index contributed by atoms with van der Waals surface area (Å²) < 4.78 is 26.2. The Hall–Kier alpha value is -2.76. The Labute approximate surface area is 112 Å². The second-order valence-electron chi connectivity index (χ2n) is 3.94. The zero-order valence-corrected chi connectivity index (χ0v) is 10.1. The summed E-state index contributed by atoms with van der Waals surface area (Å²) in [5, 5.41) is 11.3. The Kier molecular flexibility index (Phi) is 3.74. The van der Waals surface area contributed by atoms with E-state index in [0.717, 1.165) is 0 Å². The number of rotatable bonds is 3. The van der Waals surface area contributed by atoms with Crippen LogP contribution in [0.1, 0.15) is 20.7 Å². The van der Waals surface area contributed by atoms with Crippen LogP contribution in [0, 0.1) is 11.6 Å². The SMILES string of the molecule is O=C(O)c1cc(F)c(F)cc1C(=O)Nc1ccccc1. The summed E-state index contributed by atoms with van der Waals surface area (Å²) in [6, 6.07) is 9.28. The van der Waals surface area contributed by atoms with E-state index in [2.05, 4.69) is 5.32 Å². The predicted octanol–water partition coefficient (Wildman–Crippen LogP) is 2.92. The number of carboxylic acids is 1. The molecule has 0 aliphatic heterocycles. The molecule has 0 saturated heterocycles. The van der Waals surface area contributed by atoms with Crippen molar-refractivity contribution in [2.75, 3.05) is 5.32 Å². The van der Waals surface area contributed by atoms with E-state index < -0.39 is 34.6 Å². The second kappa shape index (κ2) is 5.48. The van der Waals surface area contributed by atoms with Crippen LogP contribution < -0.4 is 5.32 Å². The van der Waals surface area contributed by atoms with E-state index in [0.29, 0.717) is 17.8 Å².